The van der Waals surface area contributed by atoms with Crippen molar-refractivity contribution in [2.45, 2.75) is 0 Å². The number of nitrogens with zero attached hydrogens (tertiary/aromatic N) is 2. The Morgan fingerprint density at radius 3 is 3.00 bits per heavy atom. The SMILES string of the molecule is Brc1coc(Oc2cccnc2)n1. The third-order valence-electron chi connectivity index (χ3n) is 1.29. The first-order valence-electron chi connectivity index (χ1n) is 3.53. The number of hydrogen-bond acceptors (Lipinski definition) is 4. The molecule has 0 aliphatic rings. The van der Waals surface area contributed by atoms with E-state index in [4.69, 9.17) is 9.15 Å². The van der Waals surface area contributed by atoms with Crippen molar-refractivity contribution in [3.8, 4) is 11.8 Å². The summed E-state index contributed by atoms with van der Waals surface area (Å²) in [5.41, 5.74) is 0. The van der Waals surface area contributed by atoms with Crippen LogP contribution in [0.2, 0.25) is 0 Å². The van der Waals surface area contributed by atoms with Crippen LogP contribution in [0.3, 0.4) is 0 Å². The van der Waals surface area contributed by atoms with Crippen molar-refractivity contribution in [3.05, 3.63) is 35.4 Å². The van der Waals surface area contributed by atoms with Gasteiger partial charge >= 0.3 is 6.08 Å². The van der Waals surface area contributed by atoms with Gasteiger partial charge in [-0.1, -0.05) is 0 Å². The number of pyridine rings is 1. The minimum Gasteiger partial charge on any atom is -0.416 e. The van der Waals surface area contributed by atoms with E-state index >= 15 is 0 Å². The molecule has 0 radical (unpaired) electrons. The van der Waals surface area contributed by atoms with Crippen molar-refractivity contribution in [2.24, 2.45) is 0 Å². The van der Waals surface area contributed by atoms with Crippen LogP contribution in [0, 0.1) is 0 Å². The predicted octanol–water partition coefficient (Wildman–Crippen LogP) is 2.62. The van der Waals surface area contributed by atoms with E-state index in [-0.39, 0.29) is 6.08 Å². The average Bonchev–Trinajstić information content (AvgIpc) is 2.53. The van der Waals surface area contributed by atoms with Crippen molar-refractivity contribution >= 4 is 15.9 Å². The Morgan fingerprint density at radius 2 is 2.38 bits per heavy atom. The first kappa shape index (κ1) is 8.25. The van der Waals surface area contributed by atoms with Gasteiger partial charge < -0.3 is 9.15 Å². The van der Waals surface area contributed by atoms with E-state index in [0.29, 0.717) is 10.4 Å². The van der Waals surface area contributed by atoms with E-state index in [0.717, 1.165) is 0 Å². The van der Waals surface area contributed by atoms with E-state index < -0.39 is 0 Å². The van der Waals surface area contributed by atoms with Crippen LogP contribution in [-0.2, 0) is 0 Å². The highest BCUT2D eigenvalue weighted by Crippen LogP contribution is 2.20. The number of oxazole rings is 1. The van der Waals surface area contributed by atoms with Crippen molar-refractivity contribution in [3.63, 3.8) is 0 Å². The van der Waals surface area contributed by atoms with Crippen LogP contribution in [0.5, 0.6) is 11.8 Å². The summed E-state index contributed by atoms with van der Waals surface area (Å²) in [6.07, 6.45) is 4.89. The lowest BCUT2D eigenvalue weighted by Gasteiger charge is -1.97. The molecular weight excluding hydrogens is 236 g/mol. The molecule has 0 aliphatic carbocycles. The zero-order valence-corrected chi connectivity index (χ0v) is 8.06. The number of aromatic nitrogens is 2. The normalized spacial score (nSPS) is 9.92. The van der Waals surface area contributed by atoms with Crippen LogP contribution < -0.4 is 4.74 Å². The van der Waals surface area contributed by atoms with Crippen molar-refractivity contribution < 1.29 is 9.15 Å². The summed E-state index contributed by atoms with van der Waals surface area (Å²) in [4.78, 5) is 7.79. The molecule has 0 amide bonds. The zero-order chi connectivity index (χ0) is 9.10. The van der Waals surface area contributed by atoms with Crippen molar-refractivity contribution in [1.82, 2.24) is 9.97 Å². The number of ether oxygens (including phenoxy) is 1. The molecule has 0 bridgehead atoms. The quantitative estimate of drug-likeness (QED) is 0.810. The van der Waals surface area contributed by atoms with Gasteiger partial charge in [0.05, 0.1) is 6.20 Å². The lowest BCUT2D eigenvalue weighted by Crippen LogP contribution is -1.83. The molecular formula is C8H5BrN2O2. The first-order valence-corrected chi connectivity index (χ1v) is 4.33. The van der Waals surface area contributed by atoms with Gasteiger partial charge in [0.15, 0.2) is 5.75 Å². The van der Waals surface area contributed by atoms with Gasteiger partial charge in [-0.2, -0.15) is 4.98 Å². The molecule has 2 rings (SSSR count). The predicted molar refractivity (Wildman–Crippen MR) is 48.5 cm³/mol. The Morgan fingerprint density at radius 1 is 1.46 bits per heavy atom. The highest BCUT2D eigenvalue weighted by atomic mass is 79.9. The summed E-state index contributed by atoms with van der Waals surface area (Å²) in [5, 5.41) is 0. The smallest absolute Gasteiger partial charge is 0.400 e. The molecule has 2 aromatic rings. The molecule has 0 spiro atoms. The molecule has 0 N–H and O–H groups in total. The Balaban J connectivity index is 2.15. The minimum atomic E-state index is 0.194. The lowest BCUT2D eigenvalue weighted by atomic mass is 10.5. The van der Waals surface area contributed by atoms with Gasteiger partial charge in [0.2, 0.25) is 0 Å². The molecule has 4 nitrogen and oxygen atoms in total. The summed E-state index contributed by atoms with van der Waals surface area (Å²) in [6, 6.07) is 3.54. The van der Waals surface area contributed by atoms with E-state index in [9.17, 15) is 0 Å². The van der Waals surface area contributed by atoms with Gasteiger partial charge in [-0.05, 0) is 28.1 Å². The molecule has 0 saturated carbocycles. The molecule has 2 heterocycles. The summed E-state index contributed by atoms with van der Waals surface area (Å²) < 4.78 is 10.8. The molecule has 0 saturated heterocycles. The Kier molecular flexibility index (Phi) is 2.27. The maximum absolute atomic E-state index is 5.23. The van der Waals surface area contributed by atoms with Crippen LogP contribution in [0.4, 0.5) is 0 Å². The minimum absolute atomic E-state index is 0.194. The second kappa shape index (κ2) is 3.57. The lowest BCUT2D eigenvalue weighted by molar-refractivity contribution is 0.330. The van der Waals surface area contributed by atoms with Gasteiger partial charge in [0.25, 0.3) is 0 Å². The second-order valence-electron chi connectivity index (χ2n) is 2.23. The van der Waals surface area contributed by atoms with Crippen LogP contribution in [0.25, 0.3) is 0 Å². The van der Waals surface area contributed by atoms with Gasteiger partial charge in [-0.15, -0.1) is 0 Å². The highest BCUT2D eigenvalue weighted by Gasteiger charge is 2.03. The first-order chi connectivity index (χ1) is 6.34. The van der Waals surface area contributed by atoms with E-state index in [1.165, 1.54) is 6.26 Å². The molecule has 13 heavy (non-hydrogen) atoms. The van der Waals surface area contributed by atoms with Crippen LogP contribution >= 0.6 is 15.9 Å². The number of halogens is 1. The Bertz CT molecular complexity index is 388. The zero-order valence-electron chi connectivity index (χ0n) is 6.48. The second-order valence-corrected chi connectivity index (χ2v) is 3.04. The Labute approximate surface area is 82.7 Å². The molecule has 66 valence electrons. The van der Waals surface area contributed by atoms with Gasteiger partial charge in [0.1, 0.15) is 10.9 Å². The van der Waals surface area contributed by atoms with E-state index in [1.807, 2.05) is 0 Å². The monoisotopic (exact) mass is 240 g/mol. The Hall–Kier alpha value is -1.36. The molecule has 2 aromatic heterocycles. The van der Waals surface area contributed by atoms with Gasteiger partial charge in [0, 0.05) is 6.20 Å². The topological polar surface area (TPSA) is 48.2 Å². The van der Waals surface area contributed by atoms with Crippen molar-refractivity contribution in [2.75, 3.05) is 0 Å². The fourth-order valence-corrected chi connectivity index (χ4v) is 1.03. The maximum atomic E-state index is 5.23. The molecule has 0 aliphatic heterocycles. The van der Waals surface area contributed by atoms with E-state index in [2.05, 4.69) is 25.9 Å². The van der Waals surface area contributed by atoms with Gasteiger partial charge in [-0.3, -0.25) is 4.98 Å². The molecule has 0 unspecified atom stereocenters. The van der Waals surface area contributed by atoms with Gasteiger partial charge in [-0.25, -0.2) is 0 Å². The highest BCUT2D eigenvalue weighted by molar-refractivity contribution is 9.10. The largest absolute Gasteiger partial charge is 0.416 e. The van der Waals surface area contributed by atoms with Crippen molar-refractivity contribution in [1.29, 1.82) is 0 Å². The average molecular weight is 241 g/mol. The summed E-state index contributed by atoms with van der Waals surface area (Å²) in [7, 11) is 0. The number of rotatable bonds is 2. The van der Waals surface area contributed by atoms with Crippen LogP contribution in [-0.4, -0.2) is 9.97 Å². The standard InChI is InChI=1S/C8H5BrN2O2/c9-7-5-12-8(11-7)13-6-2-1-3-10-4-6/h1-5H. The van der Waals surface area contributed by atoms with Crippen LogP contribution in [0.1, 0.15) is 0 Å². The molecule has 0 fully saturated rings. The fourth-order valence-electron chi connectivity index (χ4n) is 0.794. The van der Waals surface area contributed by atoms with E-state index in [1.54, 1.807) is 24.5 Å². The summed E-state index contributed by atoms with van der Waals surface area (Å²) >= 11 is 3.14. The summed E-state index contributed by atoms with van der Waals surface area (Å²) in [6.45, 7) is 0. The van der Waals surface area contributed by atoms with Crippen LogP contribution in [0.15, 0.2) is 39.8 Å². The molecule has 0 aromatic carbocycles. The molecule has 0 atom stereocenters. The third kappa shape index (κ3) is 2.06. The maximum Gasteiger partial charge on any atom is 0.400 e. The summed E-state index contributed by atoms with van der Waals surface area (Å²) in [5.74, 6) is 0.594. The fraction of sp³-hybridized carbons (Fsp3) is 0. The third-order valence-corrected chi connectivity index (χ3v) is 1.66. The molecule has 5 heteroatoms. The number of hydrogen-bond donors (Lipinski definition) is 0.